The first-order valence-corrected chi connectivity index (χ1v) is 3.18. The second-order valence-corrected chi connectivity index (χ2v) is 2.66. The average molecular weight is 150 g/mol. The summed E-state index contributed by atoms with van der Waals surface area (Å²) < 4.78 is 0. The van der Waals surface area contributed by atoms with Gasteiger partial charge in [-0.25, -0.2) is 0 Å². The van der Waals surface area contributed by atoms with Crippen LogP contribution in [0.25, 0.3) is 0 Å². The Morgan fingerprint density at radius 1 is 1.30 bits per heavy atom. The molecule has 0 bridgehead atoms. The van der Waals surface area contributed by atoms with E-state index >= 15 is 0 Å². The quantitative estimate of drug-likeness (QED) is 0.392. The standard InChI is InChI=1S/C4H11NO.C2H7NO/c1-4(2,5)3-6;3-1-2-4/h6H,3,5H2,1-2H3;4H,1-3H2. The van der Waals surface area contributed by atoms with Crippen LogP contribution in [0.15, 0.2) is 0 Å². The Labute approximate surface area is 61.8 Å². The molecule has 10 heavy (non-hydrogen) atoms. The highest BCUT2D eigenvalue weighted by atomic mass is 16.3. The smallest absolute Gasteiger partial charge is 0.0605 e. The molecule has 4 heteroatoms. The molecule has 0 aromatic heterocycles. The summed E-state index contributed by atoms with van der Waals surface area (Å²) in [6.07, 6.45) is 0. The average Bonchev–Trinajstić information content (AvgIpc) is 1.87. The predicted molar refractivity (Wildman–Crippen MR) is 41.5 cm³/mol. The maximum Gasteiger partial charge on any atom is 0.0605 e. The van der Waals surface area contributed by atoms with Gasteiger partial charge in [0, 0.05) is 12.1 Å². The van der Waals surface area contributed by atoms with E-state index in [1.54, 1.807) is 13.8 Å². The summed E-state index contributed by atoms with van der Waals surface area (Å²) in [7, 11) is 0. The first kappa shape index (κ1) is 12.5. The fourth-order valence-electron chi connectivity index (χ4n) is 0. The molecule has 0 aromatic rings. The van der Waals surface area contributed by atoms with Gasteiger partial charge in [0.15, 0.2) is 0 Å². The summed E-state index contributed by atoms with van der Waals surface area (Å²) in [4.78, 5) is 0. The van der Waals surface area contributed by atoms with Crippen molar-refractivity contribution >= 4 is 0 Å². The van der Waals surface area contributed by atoms with Crippen molar-refractivity contribution in [2.75, 3.05) is 19.8 Å². The largest absolute Gasteiger partial charge is 0.395 e. The van der Waals surface area contributed by atoms with E-state index in [1.165, 1.54) is 0 Å². The Balaban J connectivity index is 0. The van der Waals surface area contributed by atoms with E-state index in [-0.39, 0.29) is 13.2 Å². The molecule has 0 rings (SSSR count). The Morgan fingerprint density at radius 3 is 1.50 bits per heavy atom. The van der Waals surface area contributed by atoms with Gasteiger partial charge >= 0.3 is 0 Å². The number of aliphatic hydroxyl groups excluding tert-OH is 2. The van der Waals surface area contributed by atoms with Gasteiger partial charge in [-0.15, -0.1) is 0 Å². The molecular weight excluding hydrogens is 132 g/mol. The van der Waals surface area contributed by atoms with E-state index in [2.05, 4.69) is 0 Å². The molecule has 0 aliphatic carbocycles. The van der Waals surface area contributed by atoms with E-state index in [4.69, 9.17) is 21.7 Å². The van der Waals surface area contributed by atoms with Gasteiger partial charge in [-0.05, 0) is 13.8 Å². The van der Waals surface area contributed by atoms with Crippen LogP contribution in [0.2, 0.25) is 0 Å². The molecule has 6 N–H and O–H groups in total. The minimum atomic E-state index is -0.403. The van der Waals surface area contributed by atoms with Crippen molar-refractivity contribution in [3.05, 3.63) is 0 Å². The van der Waals surface area contributed by atoms with E-state index in [0.29, 0.717) is 6.54 Å². The van der Waals surface area contributed by atoms with Crippen LogP contribution in [0, 0.1) is 0 Å². The fraction of sp³-hybridized carbons (Fsp3) is 1.00. The molecule has 0 atom stereocenters. The highest BCUT2D eigenvalue weighted by molar-refractivity contribution is 4.67. The SMILES string of the molecule is CC(C)(N)CO.NCCO. The topological polar surface area (TPSA) is 92.5 Å². The Morgan fingerprint density at radius 2 is 1.50 bits per heavy atom. The molecule has 0 aromatic carbocycles. The predicted octanol–water partition coefficient (Wildman–Crippen LogP) is -1.35. The lowest BCUT2D eigenvalue weighted by Gasteiger charge is -2.12. The highest BCUT2D eigenvalue weighted by Gasteiger charge is 2.05. The summed E-state index contributed by atoms with van der Waals surface area (Å²) in [6, 6.07) is 0. The van der Waals surface area contributed by atoms with Crippen molar-refractivity contribution < 1.29 is 10.2 Å². The zero-order valence-electron chi connectivity index (χ0n) is 6.67. The van der Waals surface area contributed by atoms with E-state index in [0.717, 1.165) is 0 Å². The second kappa shape index (κ2) is 6.95. The van der Waals surface area contributed by atoms with Crippen molar-refractivity contribution in [1.82, 2.24) is 0 Å². The minimum absolute atomic E-state index is 0.0486. The summed E-state index contributed by atoms with van der Waals surface area (Å²) in [6.45, 7) is 4.06. The molecule has 0 radical (unpaired) electrons. The summed E-state index contributed by atoms with van der Waals surface area (Å²) in [5.41, 5.74) is 9.66. The highest BCUT2D eigenvalue weighted by Crippen LogP contribution is 1.89. The lowest BCUT2D eigenvalue weighted by Crippen LogP contribution is -2.35. The third kappa shape index (κ3) is 24.9. The molecule has 0 unspecified atom stereocenters. The maximum atomic E-state index is 8.28. The van der Waals surface area contributed by atoms with Crippen LogP contribution < -0.4 is 11.5 Å². The zero-order valence-corrected chi connectivity index (χ0v) is 6.67. The van der Waals surface area contributed by atoms with E-state index < -0.39 is 5.54 Å². The van der Waals surface area contributed by atoms with Gasteiger partial charge in [-0.3, -0.25) is 0 Å². The number of nitrogens with two attached hydrogens (primary N) is 2. The van der Waals surface area contributed by atoms with Gasteiger partial charge < -0.3 is 21.7 Å². The first-order chi connectivity index (χ1) is 4.47. The van der Waals surface area contributed by atoms with Crippen molar-refractivity contribution in [1.29, 1.82) is 0 Å². The molecule has 0 spiro atoms. The number of aliphatic hydroxyl groups is 2. The summed E-state index contributed by atoms with van der Waals surface area (Å²) >= 11 is 0. The van der Waals surface area contributed by atoms with Gasteiger partial charge in [0.1, 0.15) is 0 Å². The van der Waals surface area contributed by atoms with Gasteiger partial charge in [0.05, 0.1) is 13.2 Å². The second-order valence-electron chi connectivity index (χ2n) is 2.66. The molecule has 4 nitrogen and oxygen atoms in total. The number of rotatable bonds is 2. The van der Waals surface area contributed by atoms with Crippen LogP contribution in [0.1, 0.15) is 13.8 Å². The molecule has 0 aliphatic rings. The molecule has 0 fully saturated rings. The van der Waals surface area contributed by atoms with Crippen LogP contribution in [0.3, 0.4) is 0 Å². The van der Waals surface area contributed by atoms with Crippen LogP contribution in [-0.4, -0.2) is 35.5 Å². The zero-order chi connectivity index (χ0) is 8.62. The molecule has 0 heterocycles. The first-order valence-electron chi connectivity index (χ1n) is 3.18. The summed E-state index contributed by atoms with van der Waals surface area (Å²) in [5.74, 6) is 0. The van der Waals surface area contributed by atoms with Crippen LogP contribution >= 0.6 is 0 Å². The molecular formula is C6H18N2O2. The normalized spacial score (nSPS) is 10.2. The van der Waals surface area contributed by atoms with Gasteiger partial charge in [-0.1, -0.05) is 0 Å². The third-order valence-corrected chi connectivity index (χ3v) is 0.537. The minimum Gasteiger partial charge on any atom is -0.395 e. The van der Waals surface area contributed by atoms with Gasteiger partial charge in [0.2, 0.25) is 0 Å². The molecule has 0 saturated heterocycles. The molecule has 0 saturated carbocycles. The van der Waals surface area contributed by atoms with Gasteiger partial charge in [-0.2, -0.15) is 0 Å². The van der Waals surface area contributed by atoms with Crippen LogP contribution in [0.4, 0.5) is 0 Å². The maximum absolute atomic E-state index is 8.28. The molecule has 0 amide bonds. The number of hydrogen-bond acceptors (Lipinski definition) is 4. The van der Waals surface area contributed by atoms with Crippen molar-refractivity contribution in [3.63, 3.8) is 0 Å². The number of hydrogen-bond donors (Lipinski definition) is 4. The van der Waals surface area contributed by atoms with E-state index in [9.17, 15) is 0 Å². The third-order valence-electron chi connectivity index (χ3n) is 0.537. The Hall–Kier alpha value is -0.160. The monoisotopic (exact) mass is 150 g/mol. The van der Waals surface area contributed by atoms with Crippen molar-refractivity contribution in [3.8, 4) is 0 Å². The molecule has 64 valence electrons. The van der Waals surface area contributed by atoms with Crippen molar-refractivity contribution in [2.45, 2.75) is 19.4 Å². The Bertz CT molecular complexity index is 59.3. The van der Waals surface area contributed by atoms with E-state index in [1.807, 2.05) is 0 Å². The fourth-order valence-corrected chi connectivity index (χ4v) is 0. The van der Waals surface area contributed by atoms with Gasteiger partial charge in [0.25, 0.3) is 0 Å². The van der Waals surface area contributed by atoms with Crippen LogP contribution in [-0.2, 0) is 0 Å². The summed E-state index contributed by atoms with van der Waals surface area (Å²) in [5, 5.41) is 16.0. The lowest BCUT2D eigenvalue weighted by molar-refractivity contribution is 0.221. The van der Waals surface area contributed by atoms with Crippen LogP contribution in [0.5, 0.6) is 0 Å². The lowest BCUT2D eigenvalue weighted by atomic mass is 10.1. The molecule has 0 aliphatic heterocycles. The van der Waals surface area contributed by atoms with Crippen molar-refractivity contribution in [2.24, 2.45) is 11.5 Å². The Kier molecular flexibility index (Phi) is 8.70.